The lowest BCUT2D eigenvalue weighted by Gasteiger charge is -2.14. The summed E-state index contributed by atoms with van der Waals surface area (Å²) in [5.74, 6) is -0.178. The van der Waals surface area contributed by atoms with Crippen molar-refractivity contribution in [3.63, 3.8) is 0 Å². The zero-order valence-electron chi connectivity index (χ0n) is 15.7. The van der Waals surface area contributed by atoms with Crippen molar-refractivity contribution in [1.82, 2.24) is 20.1 Å². The second-order valence-corrected chi connectivity index (χ2v) is 9.47. The average Bonchev–Trinajstić information content (AvgIpc) is 3.42. The summed E-state index contributed by atoms with van der Waals surface area (Å²) in [6, 6.07) is 9.60. The molecule has 0 saturated heterocycles. The molecule has 1 amide bonds. The highest BCUT2D eigenvalue weighted by molar-refractivity contribution is 8.00. The van der Waals surface area contributed by atoms with E-state index in [1.807, 2.05) is 0 Å². The summed E-state index contributed by atoms with van der Waals surface area (Å²) in [4.78, 5) is 12.4. The molecule has 3 aromatic rings. The van der Waals surface area contributed by atoms with Crippen molar-refractivity contribution in [2.45, 2.75) is 36.2 Å². The number of carbonyl (C=O) groups is 1. The fourth-order valence-electron chi connectivity index (χ4n) is 2.81. The monoisotopic (exact) mass is 484 g/mol. The standard InChI is InChI=1S/C20H16Cl3FN4OS/c1-10(19(29)25-12-3-4-12)30-20-27-26-18(14-6-2-11(21)8-15(14)22)28(20)13-5-7-17(24)16(23)9-13/h2,5-10,12H,3-4H2,1H3,(H,25,29). The fraction of sp³-hybridized carbons (Fsp3) is 0.250. The van der Waals surface area contributed by atoms with Gasteiger partial charge in [-0.05, 0) is 56.2 Å². The molecule has 30 heavy (non-hydrogen) atoms. The van der Waals surface area contributed by atoms with Crippen molar-refractivity contribution in [2.75, 3.05) is 0 Å². The van der Waals surface area contributed by atoms with Gasteiger partial charge in [0, 0.05) is 16.6 Å². The van der Waals surface area contributed by atoms with E-state index in [1.54, 1.807) is 35.8 Å². The Balaban J connectivity index is 1.76. The second kappa shape index (κ2) is 8.75. The summed E-state index contributed by atoms with van der Waals surface area (Å²) in [6.07, 6.45) is 2.01. The minimum Gasteiger partial charge on any atom is -0.352 e. The third-order valence-corrected chi connectivity index (χ3v) is 6.42. The van der Waals surface area contributed by atoms with E-state index in [4.69, 9.17) is 34.8 Å². The highest BCUT2D eigenvalue weighted by atomic mass is 35.5. The van der Waals surface area contributed by atoms with Crippen molar-refractivity contribution < 1.29 is 9.18 Å². The number of nitrogens with one attached hydrogen (secondary N) is 1. The molecular weight excluding hydrogens is 470 g/mol. The van der Waals surface area contributed by atoms with Crippen molar-refractivity contribution >= 4 is 52.5 Å². The SMILES string of the molecule is CC(Sc1nnc(-c2ccc(Cl)cc2Cl)n1-c1ccc(F)c(Cl)c1)C(=O)NC1CC1. The number of halogens is 4. The van der Waals surface area contributed by atoms with Crippen LogP contribution >= 0.6 is 46.6 Å². The van der Waals surface area contributed by atoms with E-state index in [-0.39, 0.29) is 17.0 Å². The number of thioether (sulfide) groups is 1. The lowest BCUT2D eigenvalue weighted by molar-refractivity contribution is -0.120. The van der Waals surface area contributed by atoms with Gasteiger partial charge in [-0.25, -0.2) is 4.39 Å². The first-order chi connectivity index (χ1) is 14.3. The van der Waals surface area contributed by atoms with E-state index in [2.05, 4.69) is 15.5 Å². The van der Waals surface area contributed by atoms with E-state index in [1.165, 1.54) is 23.9 Å². The predicted octanol–water partition coefficient (Wildman–Crippen LogP) is 5.79. The zero-order valence-corrected chi connectivity index (χ0v) is 18.8. The average molecular weight is 486 g/mol. The highest BCUT2D eigenvalue weighted by Gasteiger charge is 2.28. The molecule has 0 aliphatic heterocycles. The molecule has 1 N–H and O–H groups in total. The fourth-order valence-corrected chi connectivity index (χ4v) is 4.35. The maximum Gasteiger partial charge on any atom is 0.233 e. The maximum atomic E-state index is 13.7. The van der Waals surface area contributed by atoms with Gasteiger partial charge >= 0.3 is 0 Å². The Kier molecular flexibility index (Phi) is 6.25. The molecule has 1 aliphatic rings. The minimum absolute atomic E-state index is 0.0372. The molecule has 0 bridgehead atoms. The van der Waals surface area contributed by atoms with Gasteiger partial charge in [0.05, 0.1) is 21.0 Å². The smallest absolute Gasteiger partial charge is 0.233 e. The number of nitrogens with zero attached hydrogens (tertiary/aromatic N) is 3. The van der Waals surface area contributed by atoms with E-state index in [9.17, 15) is 9.18 Å². The van der Waals surface area contributed by atoms with Crippen molar-refractivity contribution in [2.24, 2.45) is 0 Å². The molecule has 10 heteroatoms. The van der Waals surface area contributed by atoms with E-state index in [0.29, 0.717) is 32.3 Å². The third kappa shape index (κ3) is 4.59. The number of aromatic nitrogens is 3. The zero-order chi connectivity index (χ0) is 21.4. The van der Waals surface area contributed by atoms with Crippen molar-refractivity contribution in [1.29, 1.82) is 0 Å². The number of benzene rings is 2. The van der Waals surface area contributed by atoms with Gasteiger partial charge in [-0.1, -0.05) is 46.6 Å². The minimum atomic E-state index is -0.536. The van der Waals surface area contributed by atoms with Crippen LogP contribution in [0.4, 0.5) is 4.39 Å². The molecular formula is C20H16Cl3FN4OS. The first-order valence-electron chi connectivity index (χ1n) is 9.17. The van der Waals surface area contributed by atoms with Gasteiger partial charge in [0.1, 0.15) is 5.82 Å². The van der Waals surface area contributed by atoms with Crippen LogP contribution in [0, 0.1) is 5.82 Å². The summed E-state index contributed by atoms with van der Waals surface area (Å²) in [7, 11) is 0. The largest absolute Gasteiger partial charge is 0.352 e. The molecule has 1 unspecified atom stereocenters. The topological polar surface area (TPSA) is 59.8 Å². The normalized spacial score (nSPS) is 14.6. The van der Waals surface area contributed by atoms with Gasteiger partial charge in [-0.15, -0.1) is 10.2 Å². The molecule has 1 fully saturated rings. The maximum absolute atomic E-state index is 13.7. The molecule has 0 spiro atoms. The second-order valence-electron chi connectivity index (χ2n) is 6.91. The summed E-state index contributed by atoms with van der Waals surface area (Å²) in [6.45, 7) is 1.80. The molecule has 5 nitrogen and oxygen atoms in total. The Morgan fingerprint density at radius 3 is 2.60 bits per heavy atom. The number of carbonyl (C=O) groups excluding carboxylic acids is 1. The summed E-state index contributed by atoms with van der Waals surface area (Å²) in [5, 5.41) is 12.4. The third-order valence-electron chi connectivity index (χ3n) is 4.54. The summed E-state index contributed by atoms with van der Waals surface area (Å²) >= 11 is 19.7. The van der Waals surface area contributed by atoms with Crippen LogP contribution in [-0.2, 0) is 4.79 Å². The molecule has 1 aliphatic carbocycles. The van der Waals surface area contributed by atoms with Crippen LogP contribution in [0.2, 0.25) is 15.1 Å². The van der Waals surface area contributed by atoms with Gasteiger partial charge in [0.2, 0.25) is 5.91 Å². The van der Waals surface area contributed by atoms with Crippen LogP contribution in [0.25, 0.3) is 17.1 Å². The van der Waals surface area contributed by atoms with Crippen LogP contribution in [0.3, 0.4) is 0 Å². The van der Waals surface area contributed by atoms with Crippen LogP contribution in [0.1, 0.15) is 19.8 Å². The number of amides is 1. The number of rotatable bonds is 6. The first-order valence-corrected chi connectivity index (χ1v) is 11.2. The van der Waals surface area contributed by atoms with Crippen molar-refractivity contribution in [3.05, 3.63) is 57.3 Å². The first kappa shape index (κ1) is 21.4. The Labute approximate surface area is 191 Å². The van der Waals surface area contributed by atoms with Crippen molar-refractivity contribution in [3.8, 4) is 17.1 Å². The molecule has 2 aromatic carbocycles. The lowest BCUT2D eigenvalue weighted by atomic mass is 10.2. The van der Waals surface area contributed by atoms with Crippen LogP contribution in [0.15, 0.2) is 41.6 Å². The van der Waals surface area contributed by atoms with E-state index in [0.717, 1.165) is 12.8 Å². The van der Waals surface area contributed by atoms with Crippen LogP contribution < -0.4 is 5.32 Å². The molecule has 0 radical (unpaired) electrons. The van der Waals surface area contributed by atoms with Gasteiger partial charge in [-0.2, -0.15) is 0 Å². The number of hydrogen-bond acceptors (Lipinski definition) is 4. The Bertz CT molecular complexity index is 1120. The van der Waals surface area contributed by atoms with Gasteiger partial charge in [0.25, 0.3) is 0 Å². The molecule has 1 atom stereocenters. The Morgan fingerprint density at radius 1 is 1.17 bits per heavy atom. The lowest BCUT2D eigenvalue weighted by Crippen LogP contribution is -2.32. The van der Waals surface area contributed by atoms with Gasteiger partial charge in [0.15, 0.2) is 11.0 Å². The number of hydrogen-bond donors (Lipinski definition) is 1. The Morgan fingerprint density at radius 2 is 1.93 bits per heavy atom. The predicted molar refractivity (Wildman–Crippen MR) is 118 cm³/mol. The summed E-state index contributed by atoms with van der Waals surface area (Å²) < 4.78 is 15.5. The molecule has 1 heterocycles. The molecule has 156 valence electrons. The van der Waals surface area contributed by atoms with E-state index < -0.39 is 11.1 Å². The van der Waals surface area contributed by atoms with Crippen LogP contribution in [0.5, 0.6) is 0 Å². The Hall–Kier alpha value is -1.80. The molecule has 1 aromatic heterocycles. The molecule has 4 rings (SSSR count). The molecule has 1 saturated carbocycles. The summed E-state index contributed by atoms with van der Waals surface area (Å²) in [5.41, 5.74) is 1.14. The highest BCUT2D eigenvalue weighted by Crippen LogP contribution is 2.35. The van der Waals surface area contributed by atoms with Gasteiger partial charge in [-0.3, -0.25) is 9.36 Å². The van der Waals surface area contributed by atoms with Crippen LogP contribution in [-0.4, -0.2) is 32.0 Å². The van der Waals surface area contributed by atoms with E-state index >= 15 is 0 Å². The quantitative estimate of drug-likeness (QED) is 0.449. The van der Waals surface area contributed by atoms with Gasteiger partial charge < -0.3 is 5.32 Å².